The minimum absolute atomic E-state index is 0.182. The Morgan fingerprint density at radius 3 is 2.62 bits per heavy atom. The fourth-order valence-corrected chi connectivity index (χ4v) is 3.38. The highest BCUT2D eigenvalue weighted by molar-refractivity contribution is 9.10. The molecule has 1 aliphatic rings. The van der Waals surface area contributed by atoms with Gasteiger partial charge in [-0.25, -0.2) is 0 Å². The number of benzene rings is 1. The van der Waals surface area contributed by atoms with Gasteiger partial charge in [0.25, 0.3) is 5.69 Å². The molecule has 1 aliphatic carbocycles. The van der Waals surface area contributed by atoms with Gasteiger partial charge in [0.15, 0.2) is 0 Å². The van der Waals surface area contributed by atoms with E-state index in [2.05, 4.69) is 27.8 Å². The average Bonchev–Trinajstić information content (AvgIpc) is 2.45. The molecule has 1 saturated carbocycles. The molecule has 21 heavy (non-hydrogen) atoms. The van der Waals surface area contributed by atoms with Gasteiger partial charge in [0.1, 0.15) is 5.69 Å². The van der Waals surface area contributed by atoms with E-state index in [0.717, 1.165) is 48.8 Å². The lowest BCUT2D eigenvalue weighted by Crippen LogP contribution is -2.41. The predicted molar refractivity (Wildman–Crippen MR) is 88.7 cm³/mol. The quantitative estimate of drug-likeness (QED) is 0.643. The van der Waals surface area contributed by atoms with Crippen molar-refractivity contribution in [2.45, 2.75) is 51.1 Å². The third kappa shape index (κ3) is 3.95. The van der Waals surface area contributed by atoms with Gasteiger partial charge >= 0.3 is 0 Å². The summed E-state index contributed by atoms with van der Waals surface area (Å²) in [7, 11) is 0. The third-order valence-electron chi connectivity index (χ3n) is 4.09. The zero-order chi connectivity index (χ0) is 15.4. The molecule has 1 aromatic carbocycles. The SMILES string of the molecule is CCCN(c1cc(Br)ccc1[N+](=O)[O-])C1CCC(N)CC1. The Bertz CT molecular complexity index is 502. The molecule has 1 aromatic rings. The molecular weight excluding hydrogens is 334 g/mol. The van der Waals surface area contributed by atoms with Crippen LogP contribution in [0.25, 0.3) is 0 Å². The molecule has 0 aromatic heterocycles. The Hall–Kier alpha value is -1.14. The Balaban J connectivity index is 2.33. The second-order valence-corrected chi connectivity index (χ2v) is 6.57. The first kappa shape index (κ1) is 16.2. The van der Waals surface area contributed by atoms with Crippen LogP contribution in [-0.2, 0) is 0 Å². The number of halogens is 1. The molecule has 2 N–H and O–H groups in total. The number of hydrogen-bond acceptors (Lipinski definition) is 4. The van der Waals surface area contributed by atoms with Crippen LogP contribution in [0.4, 0.5) is 11.4 Å². The highest BCUT2D eigenvalue weighted by atomic mass is 79.9. The standard InChI is InChI=1S/C15H22BrN3O2/c1-2-9-18(13-6-4-12(17)5-7-13)15-10-11(16)3-8-14(15)19(20)21/h3,8,10,12-13H,2,4-7,9,17H2,1H3. The summed E-state index contributed by atoms with van der Waals surface area (Å²) in [6.45, 7) is 2.93. The molecule has 0 spiro atoms. The summed E-state index contributed by atoms with van der Waals surface area (Å²) in [6, 6.07) is 5.79. The molecule has 2 rings (SSSR count). The number of nitrogens with two attached hydrogens (primary N) is 1. The second-order valence-electron chi connectivity index (χ2n) is 5.65. The van der Waals surface area contributed by atoms with Crippen molar-refractivity contribution in [1.82, 2.24) is 0 Å². The Kier molecular flexibility index (Phi) is 5.58. The van der Waals surface area contributed by atoms with Crippen LogP contribution >= 0.6 is 15.9 Å². The normalized spacial score (nSPS) is 22.0. The zero-order valence-corrected chi connectivity index (χ0v) is 13.9. The first-order valence-electron chi connectivity index (χ1n) is 7.49. The van der Waals surface area contributed by atoms with E-state index in [1.807, 2.05) is 6.07 Å². The van der Waals surface area contributed by atoms with Gasteiger partial charge in [-0.05, 0) is 44.2 Å². The first-order chi connectivity index (χ1) is 10.0. The van der Waals surface area contributed by atoms with E-state index in [1.165, 1.54) is 0 Å². The zero-order valence-electron chi connectivity index (χ0n) is 12.3. The Morgan fingerprint density at radius 1 is 1.38 bits per heavy atom. The van der Waals surface area contributed by atoms with Crippen molar-refractivity contribution in [3.63, 3.8) is 0 Å². The van der Waals surface area contributed by atoms with Crippen LogP contribution in [0.1, 0.15) is 39.0 Å². The van der Waals surface area contributed by atoms with Gasteiger partial charge in [-0.2, -0.15) is 0 Å². The van der Waals surface area contributed by atoms with Crippen molar-refractivity contribution in [3.8, 4) is 0 Å². The Labute approximate surface area is 133 Å². The second kappa shape index (κ2) is 7.22. The van der Waals surface area contributed by atoms with Crippen LogP contribution in [0.3, 0.4) is 0 Å². The number of nitro groups is 1. The fraction of sp³-hybridized carbons (Fsp3) is 0.600. The summed E-state index contributed by atoms with van der Waals surface area (Å²) in [4.78, 5) is 13.2. The van der Waals surface area contributed by atoms with E-state index in [4.69, 9.17) is 5.73 Å². The minimum atomic E-state index is -0.293. The van der Waals surface area contributed by atoms with Crippen molar-refractivity contribution in [2.75, 3.05) is 11.4 Å². The molecule has 116 valence electrons. The molecule has 0 radical (unpaired) electrons. The van der Waals surface area contributed by atoms with Crippen LogP contribution in [0, 0.1) is 10.1 Å². The monoisotopic (exact) mass is 355 g/mol. The maximum absolute atomic E-state index is 11.3. The maximum Gasteiger partial charge on any atom is 0.292 e. The molecule has 0 unspecified atom stereocenters. The van der Waals surface area contributed by atoms with E-state index < -0.39 is 0 Å². The molecular formula is C15H22BrN3O2. The molecule has 0 aliphatic heterocycles. The van der Waals surface area contributed by atoms with Crippen molar-refractivity contribution >= 4 is 27.3 Å². The fourth-order valence-electron chi connectivity index (χ4n) is 3.03. The van der Waals surface area contributed by atoms with Gasteiger partial charge in [-0.3, -0.25) is 10.1 Å². The molecule has 0 bridgehead atoms. The summed E-state index contributed by atoms with van der Waals surface area (Å²) < 4.78 is 0.872. The van der Waals surface area contributed by atoms with Gasteiger partial charge in [0.2, 0.25) is 0 Å². The Morgan fingerprint density at radius 2 is 2.05 bits per heavy atom. The lowest BCUT2D eigenvalue weighted by atomic mass is 9.90. The van der Waals surface area contributed by atoms with Crippen LogP contribution in [0.5, 0.6) is 0 Å². The van der Waals surface area contributed by atoms with E-state index >= 15 is 0 Å². The van der Waals surface area contributed by atoms with Crippen LogP contribution in [-0.4, -0.2) is 23.6 Å². The van der Waals surface area contributed by atoms with Crippen molar-refractivity contribution in [1.29, 1.82) is 0 Å². The molecule has 0 amide bonds. The lowest BCUT2D eigenvalue weighted by Gasteiger charge is -2.37. The largest absolute Gasteiger partial charge is 0.363 e. The van der Waals surface area contributed by atoms with Crippen molar-refractivity contribution < 1.29 is 4.92 Å². The molecule has 0 heterocycles. The molecule has 0 saturated heterocycles. The minimum Gasteiger partial charge on any atom is -0.363 e. The average molecular weight is 356 g/mol. The highest BCUT2D eigenvalue weighted by Gasteiger charge is 2.28. The van der Waals surface area contributed by atoms with Gasteiger partial charge in [0, 0.05) is 29.2 Å². The van der Waals surface area contributed by atoms with Gasteiger partial charge in [-0.15, -0.1) is 0 Å². The van der Waals surface area contributed by atoms with Crippen LogP contribution < -0.4 is 10.6 Å². The van der Waals surface area contributed by atoms with Gasteiger partial charge in [0.05, 0.1) is 4.92 Å². The van der Waals surface area contributed by atoms with Crippen LogP contribution in [0.2, 0.25) is 0 Å². The highest BCUT2D eigenvalue weighted by Crippen LogP contribution is 2.35. The molecule has 6 heteroatoms. The predicted octanol–water partition coefficient (Wildman–Crippen LogP) is 3.84. The van der Waals surface area contributed by atoms with E-state index in [0.29, 0.717) is 6.04 Å². The van der Waals surface area contributed by atoms with E-state index in [9.17, 15) is 10.1 Å². The number of nitro benzene ring substituents is 1. The number of rotatable bonds is 5. The summed E-state index contributed by atoms with van der Waals surface area (Å²) in [5.74, 6) is 0. The lowest BCUT2D eigenvalue weighted by molar-refractivity contribution is -0.384. The van der Waals surface area contributed by atoms with E-state index in [-0.39, 0.29) is 16.7 Å². The van der Waals surface area contributed by atoms with Crippen molar-refractivity contribution in [3.05, 3.63) is 32.8 Å². The maximum atomic E-state index is 11.3. The number of hydrogen-bond donors (Lipinski definition) is 1. The smallest absolute Gasteiger partial charge is 0.292 e. The summed E-state index contributed by atoms with van der Waals surface area (Å²) >= 11 is 3.43. The van der Waals surface area contributed by atoms with E-state index in [1.54, 1.807) is 12.1 Å². The molecule has 5 nitrogen and oxygen atoms in total. The van der Waals surface area contributed by atoms with Gasteiger partial charge in [-0.1, -0.05) is 22.9 Å². The van der Waals surface area contributed by atoms with Crippen LogP contribution in [0.15, 0.2) is 22.7 Å². The molecule has 1 fully saturated rings. The molecule has 0 atom stereocenters. The van der Waals surface area contributed by atoms with Gasteiger partial charge < -0.3 is 10.6 Å². The first-order valence-corrected chi connectivity index (χ1v) is 8.28. The summed E-state index contributed by atoms with van der Waals surface area (Å²) in [5, 5.41) is 11.3. The number of nitrogens with zero attached hydrogens (tertiary/aromatic N) is 2. The topological polar surface area (TPSA) is 72.4 Å². The number of anilines is 1. The summed E-state index contributed by atoms with van der Waals surface area (Å²) in [6.07, 6.45) is 4.96. The summed E-state index contributed by atoms with van der Waals surface area (Å²) in [5.41, 5.74) is 6.88. The third-order valence-corrected chi connectivity index (χ3v) is 4.58. The van der Waals surface area contributed by atoms with Crippen molar-refractivity contribution in [2.24, 2.45) is 5.73 Å².